The van der Waals surface area contributed by atoms with Crippen LogP contribution in [0.3, 0.4) is 0 Å². The number of pyridine rings is 2. The second-order valence-electron chi connectivity index (χ2n) is 8.83. The molecule has 34 heavy (non-hydrogen) atoms. The Balaban J connectivity index is 1.53. The minimum atomic E-state index is -0.0559. The van der Waals surface area contributed by atoms with Gasteiger partial charge in [-0.05, 0) is 51.9 Å². The van der Waals surface area contributed by atoms with Crippen molar-refractivity contribution in [2.45, 2.75) is 58.4 Å². The van der Waals surface area contributed by atoms with Gasteiger partial charge in [-0.2, -0.15) is 0 Å². The molecule has 2 aliphatic rings. The van der Waals surface area contributed by atoms with Crippen molar-refractivity contribution in [1.29, 1.82) is 0 Å². The molecule has 1 saturated heterocycles. The molecule has 0 bridgehead atoms. The number of rotatable bonds is 7. The molecule has 3 aromatic rings. The van der Waals surface area contributed by atoms with Crippen molar-refractivity contribution in [3.63, 3.8) is 0 Å². The summed E-state index contributed by atoms with van der Waals surface area (Å²) < 4.78 is 1.93. The quantitative estimate of drug-likeness (QED) is 0.544. The van der Waals surface area contributed by atoms with E-state index in [0.717, 1.165) is 36.5 Å². The number of amides is 1. The zero-order valence-electron chi connectivity index (χ0n) is 19.9. The van der Waals surface area contributed by atoms with Crippen molar-refractivity contribution >= 4 is 17.5 Å². The van der Waals surface area contributed by atoms with Crippen LogP contribution in [0.1, 0.15) is 48.3 Å². The van der Waals surface area contributed by atoms with Gasteiger partial charge in [-0.15, -0.1) is 16.8 Å². The van der Waals surface area contributed by atoms with Gasteiger partial charge < -0.3 is 14.8 Å². The molecular formula is C25H30N8O. The third kappa shape index (κ3) is 3.66. The zero-order valence-corrected chi connectivity index (χ0v) is 19.9. The van der Waals surface area contributed by atoms with Crippen molar-refractivity contribution in [3.05, 3.63) is 60.1 Å². The normalized spacial score (nSPS) is 19.7. The van der Waals surface area contributed by atoms with E-state index in [1.807, 2.05) is 48.9 Å². The van der Waals surface area contributed by atoms with Crippen molar-refractivity contribution in [3.8, 4) is 11.5 Å². The molecule has 2 aliphatic heterocycles. The molecule has 0 spiro atoms. The largest absolute Gasteiger partial charge is 0.347 e. The number of carbonyl (C=O) groups is 1. The van der Waals surface area contributed by atoms with E-state index in [0.29, 0.717) is 42.0 Å². The summed E-state index contributed by atoms with van der Waals surface area (Å²) in [6.07, 6.45) is 5.79. The van der Waals surface area contributed by atoms with Gasteiger partial charge in [-0.25, -0.2) is 9.97 Å². The van der Waals surface area contributed by atoms with Gasteiger partial charge in [0.05, 0.1) is 17.8 Å². The smallest absolute Gasteiger partial charge is 0.260 e. The third-order valence-corrected chi connectivity index (χ3v) is 6.78. The van der Waals surface area contributed by atoms with Gasteiger partial charge >= 0.3 is 0 Å². The van der Waals surface area contributed by atoms with Crippen molar-refractivity contribution in [2.24, 2.45) is 0 Å². The zero-order chi connectivity index (χ0) is 23.8. The van der Waals surface area contributed by atoms with E-state index in [2.05, 4.69) is 33.9 Å². The molecule has 5 heterocycles. The molecule has 9 nitrogen and oxygen atoms in total. The molecule has 1 N–H and O–H groups in total. The first-order chi connectivity index (χ1) is 16.5. The molecule has 0 radical (unpaired) electrons. The number of hydrogen-bond donors (Lipinski definition) is 1. The van der Waals surface area contributed by atoms with Crippen LogP contribution >= 0.6 is 0 Å². The summed E-state index contributed by atoms with van der Waals surface area (Å²) in [5.41, 5.74) is 3.24. The monoisotopic (exact) mass is 458 g/mol. The Bertz CT molecular complexity index is 1240. The van der Waals surface area contributed by atoms with E-state index in [-0.39, 0.29) is 11.9 Å². The lowest BCUT2D eigenvalue weighted by atomic mass is 10.1. The first-order valence-corrected chi connectivity index (χ1v) is 11.8. The lowest BCUT2D eigenvalue weighted by Gasteiger charge is -2.28. The molecule has 176 valence electrons. The highest BCUT2D eigenvalue weighted by Gasteiger charge is 2.36. The Hall–Kier alpha value is -3.59. The Morgan fingerprint density at radius 2 is 2.09 bits per heavy atom. The average molecular weight is 459 g/mol. The Morgan fingerprint density at radius 3 is 2.85 bits per heavy atom. The van der Waals surface area contributed by atoms with E-state index in [1.165, 1.54) is 0 Å². The summed E-state index contributed by atoms with van der Waals surface area (Å²) in [6, 6.07) is 8.18. The van der Waals surface area contributed by atoms with Crippen LogP contribution in [0, 0.1) is 0 Å². The van der Waals surface area contributed by atoms with Gasteiger partial charge in [0, 0.05) is 30.7 Å². The average Bonchev–Trinajstić information content (AvgIpc) is 3.56. The van der Waals surface area contributed by atoms with Crippen molar-refractivity contribution in [2.75, 3.05) is 16.8 Å². The SMILES string of the molecule is C=C[C@@H]1CC[C@@H](C)N1c1cc2c(c(CNC)n1)CN(c1cccc(-c3nncn3CC)n1)C2=O. The first-order valence-electron chi connectivity index (χ1n) is 11.8. The van der Waals surface area contributed by atoms with E-state index in [4.69, 9.17) is 9.97 Å². The summed E-state index contributed by atoms with van der Waals surface area (Å²) >= 11 is 0. The van der Waals surface area contributed by atoms with Crippen LogP contribution in [0.5, 0.6) is 0 Å². The summed E-state index contributed by atoms with van der Waals surface area (Å²) in [5, 5.41) is 11.4. The number of carbonyl (C=O) groups excluding carboxylic acids is 1. The standard InChI is InChI=1S/C25H30N8O/c1-5-17-11-10-16(3)33(17)23-12-18-19(21(29-23)13-26-4)14-32(25(18)34)22-9-7-8-20(28-22)24-30-27-15-31(24)6-2/h5,7-9,12,15-17,26H,1,6,10-11,13-14H2,2-4H3/t16-,17-/m1/s1. The highest BCUT2D eigenvalue weighted by molar-refractivity contribution is 6.10. The maximum Gasteiger partial charge on any atom is 0.260 e. The Kier molecular flexibility index (Phi) is 5.87. The molecule has 5 rings (SSSR count). The molecular weight excluding hydrogens is 428 g/mol. The number of aromatic nitrogens is 5. The number of anilines is 2. The minimum Gasteiger partial charge on any atom is -0.347 e. The summed E-state index contributed by atoms with van der Waals surface area (Å²) in [6.45, 7) is 10.0. The number of fused-ring (bicyclic) bond motifs is 1. The predicted octanol–water partition coefficient (Wildman–Crippen LogP) is 3.18. The molecule has 1 amide bonds. The topological polar surface area (TPSA) is 92.1 Å². The van der Waals surface area contributed by atoms with Gasteiger partial charge in [-0.3, -0.25) is 9.69 Å². The summed E-state index contributed by atoms with van der Waals surface area (Å²) in [5.74, 6) is 2.07. The Morgan fingerprint density at radius 1 is 1.24 bits per heavy atom. The van der Waals surface area contributed by atoms with Crippen LogP contribution in [-0.4, -0.2) is 49.8 Å². The van der Waals surface area contributed by atoms with Crippen LogP contribution in [0.25, 0.3) is 11.5 Å². The van der Waals surface area contributed by atoms with E-state index >= 15 is 0 Å². The summed E-state index contributed by atoms with van der Waals surface area (Å²) in [4.78, 5) is 27.4. The molecule has 0 aromatic carbocycles. The first kappa shape index (κ1) is 22.2. The van der Waals surface area contributed by atoms with Gasteiger partial charge in [0.15, 0.2) is 5.82 Å². The molecule has 0 unspecified atom stereocenters. The minimum absolute atomic E-state index is 0.0559. The molecule has 2 atom stereocenters. The van der Waals surface area contributed by atoms with E-state index < -0.39 is 0 Å². The fraction of sp³-hybridized carbons (Fsp3) is 0.400. The lowest BCUT2D eigenvalue weighted by molar-refractivity contribution is 0.0996. The van der Waals surface area contributed by atoms with Crippen LogP contribution in [0.15, 0.2) is 43.2 Å². The van der Waals surface area contributed by atoms with Gasteiger partial charge in [0.2, 0.25) is 0 Å². The second kappa shape index (κ2) is 8.98. The maximum absolute atomic E-state index is 13.6. The van der Waals surface area contributed by atoms with Crippen molar-refractivity contribution < 1.29 is 4.79 Å². The highest BCUT2D eigenvalue weighted by atomic mass is 16.2. The van der Waals surface area contributed by atoms with Crippen molar-refractivity contribution in [1.82, 2.24) is 30.0 Å². The fourth-order valence-corrected chi connectivity index (χ4v) is 5.01. The van der Waals surface area contributed by atoms with Crippen LogP contribution in [0.4, 0.5) is 11.6 Å². The number of aryl methyl sites for hydroxylation is 1. The van der Waals surface area contributed by atoms with Crippen LogP contribution in [-0.2, 0) is 19.6 Å². The summed E-state index contributed by atoms with van der Waals surface area (Å²) in [7, 11) is 1.90. The number of nitrogens with one attached hydrogen (secondary N) is 1. The van der Waals surface area contributed by atoms with E-state index in [9.17, 15) is 4.79 Å². The van der Waals surface area contributed by atoms with Crippen LogP contribution in [0.2, 0.25) is 0 Å². The maximum atomic E-state index is 13.6. The van der Waals surface area contributed by atoms with Gasteiger partial charge in [0.1, 0.15) is 23.7 Å². The molecule has 1 fully saturated rings. The molecule has 9 heteroatoms. The van der Waals surface area contributed by atoms with Crippen LogP contribution < -0.4 is 15.1 Å². The second-order valence-corrected chi connectivity index (χ2v) is 8.83. The van der Waals surface area contributed by atoms with E-state index in [1.54, 1.807) is 11.2 Å². The molecule has 3 aromatic heterocycles. The highest BCUT2D eigenvalue weighted by Crippen LogP contribution is 2.36. The number of hydrogen-bond acceptors (Lipinski definition) is 7. The number of nitrogens with zero attached hydrogens (tertiary/aromatic N) is 7. The third-order valence-electron chi connectivity index (χ3n) is 6.78. The predicted molar refractivity (Wildman–Crippen MR) is 132 cm³/mol. The molecule has 0 saturated carbocycles. The fourth-order valence-electron chi connectivity index (χ4n) is 5.01. The molecule has 0 aliphatic carbocycles. The van der Waals surface area contributed by atoms with Gasteiger partial charge in [-0.1, -0.05) is 12.1 Å². The Labute approximate surface area is 199 Å². The lowest BCUT2D eigenvalue weighted by Crippen LogP contribution is -2.34. The van der Waals surface area contributed by atoms with Gasteiger partial charge in [0.25, 0.3) is 5.91 Å².